The molecule has 4 rings (SSSR count). The van der Waals surface area contributed by atoms with Crippen LogP contribution in [0.25, 0.3) is 0 Å². The van der Waals surface area contributed by atoms with Crippen LogP contribution in [0.2, 0.25) is 10.0 Å². The summed E-state index contributed by atoms with van der Waals surface area (Å²) in [4.78, 5) is 0. The van der Waals surface area contributed by atoms with Crippen LogP contribution in [0.15, 0.2) is 48.7 Å². The Morgan fingerprint density at radius 2 is 1.79 bits per heavy atom. The highest BCUT2D eigenvalue weighted by molar-refractivity contribution is 7.80. The lowest BCUT2D eigenvalue weighted by atomic mass is 10.2. The summed E-state index contributed by atoms with van der Waals surface area (Å²) in [6.07, 6.45) is 1.70. The number of rotatable bonds is 6. The third-order valence-corrected chi connectivity index (χ3v) is 6.13. The minimum atomic E-state index is -0.389. The zero-order valence-corrected chi connectivity index (χ0v) is 20.6. The molecule has 4 aromatic rings. The first-order valence-electron chi connectivity index (χ1n) is 10.2. The van der Waals surface area contributed by atoms with Gasteiger partial charge in [0, 0.05) is 27.9 Å². The van der Waals surface area contributed by atoms with Crippen LogP contribution in [0.1, 0.15) is 22.5 Å². The Kier molecular flexibility index (Phi) is 7.16. The van der Waals surface area contributed by atoms with Crippen molar-refractivity contribution >= 4 is 52.0 Å². The fourth-order valence-corrected chi connectivity index (χ4v) is 4.12. The lowest BCUT2D eigenvalue weighted by Crippen LogP contribution is -2.20. The van der Waals surface area contributed by atoms with Gasteiger partial charge in [0.15, 0.2) is 10.9 Å². The van der Waals surface area contributed by atoms with Crippen molar-refractivity contribution in [1.29, 1.82) is 0 Å². The molecule has 0 saturated carbocycles. The molecule has 2 N–H and O–H groups in total. The van der Waals surface area contributed by atoms with E-state index in [1.807, 2.05) is 13.8 Å². The third-order valence-electron chi connectivity index (χ3n) is 5.22. The molecule has 11 heteroatoms. The highest BCUT2D eigenvalue weighted by Gasteiger charge is 2.15. The molecule has 0 saturated heterocycles. The molecule has 0 unspecified atom stereocenters. The van der Waals surface area contributed by atoms with Gasteiger partial charge in [-0.3, -0.25) is 9.36 Å². The van der Waals surface area contributed by atoms with Crippen LogP contribution in [0.3, 0.4) is 0 Å². The molecule has 0 atom stereocenters. The van der Waals surface area contributed by atoms with Gasteiger partial charge in [-0.25, -0.2) is 8.78 Å². The number of aryl methyl sites for hydroxylation is 1. The van der Waals surface area contributed by atoms with Crippen LogP contribution in [0.5, 0.6) is 0 Å². The van der Waals surface area contributed by atoms with Crippen LogP contribution in [0, 0.1) is 25.5 Å². The van der Waals surface area contributed by atoms with Crippen molar-refractivity contribution in [2.24, 2.45) is 0 Å². The summed E-state index contributed by atoms with van der Waals surface area (Å²) in [5, 5.41) is 16.1. The Balaban J connectivity index is 1.43. The van der Waals surface area contributed by atoms with E-state index in [0.717, 1.165) is 22.6 Å². The molecule has 0 fully saturated rings. The van der Waals surface area contributed by atoms with E-state index in [1.165, 1.54) is 18.2 Å². The van der Waals surface area contributed by atoms with E-state index in [2.05, 4.69) is 20.8 Å². The van der Waals surface area contributed by atoms with Crippen molar-refractivity contribution in [3.8, 4) is 0 Å². The minimum Gasteiger partial charge on any atom is -0.329 e. The van der Waals surface area contributed by atoms with Crippen molar-refractivity contribution in [1.82, 2.24) is 19.6 Å². The summed E-state index contributed by atoms with van der Waals surface area (Å²) in [6.45, 7) is 4.32. The SMILES string of the molecule is Cc1nn(Cc2ccc(F)cc2Cl)c(C)c1NC(=S)Nc1ccn(Cc2c(F)cccc2Cl)n1. The van der Waals surface area contributed by atoms with Gasteiger partial charge in [-0.05, 0) is 55.9 Å². The molecule has 0 bridgehead atoms. The van der Waals surface area contributed by atoms with E-state index in [9.17, 15) is 8.78 Å². The van der Waals surface area contributed by atoms with Crippen LogP contribution < -0.4 is 10.6 Å². The summed E-state index contributed by atoms with van der Waals surface area (Å²) in [7, 11) is 0. The quantitative estimate of drug-likeness (QED) is 0.297. The van der Waals surface area contributed by atoms with Crippen LogP contribution in [-0.4, -0.2) is 24.7 Å². The summed E-state index contributed by atoms with van der Waals surface area (Å²) in [5.41, 5.74) is 3.43. The molecule has 2 aromatic heterocycles. The average Bonchev–Trinajstić information content (AvgIpc) is 3.32. The molecule has 2 aromatic carbocycles. The molecule has 0 aliphatic rings. The number of aromatic nitrogens is 4. The maximum atomic E-state index is 14.0. The number of thiocarbonyl (C=S) groups is 1. The van der Waals surface area contributed by atoms with Gasteiger partial charge >= 0.3 is 0 Å². The lowest BCUT2D eigenvalue weighted by molar-refractivity contribution is 0.586. The van der Waals surface area contributed by atoms with E-state index >= 15 is 0 Å². The predicted octanol–water partition coefficient (Wildman–Crippen LogP) is 6.19. The fraction of sp³-hybridized carbons (Fsp3) is 0.174. The Morgan fingerprint density at radius 3 is 2.53 bits per heavy atom. The summed E-state index contributed by atoms with van der Waals surface area (Å²) >= 11 is 17.7. The molecule has 0 aliphatic heterocycles. The predicted molar refractivity (Wildman–Crippen MR) is 135 cm³/mol. The third kappa shape index (κ3) is 5.38. The number of nitrogens with zero attached hydrogens (tertiary/aromatic N) is 4. The van der Waals surface area contributed by atoms with Crippen molar-refractivity contribution in [3.63, 3.8) is 0 Å². The molecule has 176 valence electrons. The number of hydrogen-bond acceptors (Lipinski definition) is 3. The topological polar surface area (TPSA) is 59.7 Å². The van der Waals surface area contributed by atoms with Gasteiger partial charge in [-0.1, -0.05) is 35.3 Å². The Bertz CT molecular complexity index is 1350. The summed E-state index contributed by atoms with van der Waals surface area (Å²) in [6, 6.07) is 10.6. The van der Waals surface area contributed by atoms with Crippen LogP contribution in [-0.2, 0) is 13.1 Å². The smallest absolute Gasteiger partial charge is 0.176 e. The number of halogens is 4. The standard InChI is InChI=1S/C23H20Cl2F2N6S/c1-13-22(14(2)33(30-13)11-15-6-7-16(26)10-19(15)25)29-23(34)28-21-8-9-32(31-21)12-17-18(24)4-3-5-20(17)27/h3-10H,11-12H2,1-2H3,(H2,28,29,31,34). The molecule has 6 nitrogen and oxygen atoms in total. The Morgan fingerprint density at radius 1 is 1.00 bits per heavy atom. The normalized spacial score (nSPS) is 11.0. The molecule has 0 radical (unpaired) electrons. The second kappa shape index (κ2) is 10.1. The van der Waals surface area contributed by atoms with Gasteiger partial charge in [0.05, 0.1) is 30.2 Å². The average molecular weight is 521 g/mol. The van der Waals surface area contributed by atoms with Crippen LogP contribution >= 0.6 is 35.4 Å². The molecular formula is C23H20Cl2F2N6S. The molecular weight excluding hydrogens is 501 g/mol. The van der Waals surface area contributed by atoms with Gasteiger partial charge in [-0.15, -0.1) is 0 Å². The van der Waals surface area contributed by atoms with E-state index in [-0.39, 0.29) is 18.2 Å². The fourth-order valence-electron chi connectivity index (χ4n) is 3.47. The number of benzene rings is 2. The highest BCUT2D eigenvalue weighted by Crippen LogP contribution is 2.24. The zero-order chi connectivity index (χ0) is 24.4. The monoisotopic (exact) mass is 520 g/mol. The van der Waals surface area contributed by atoms with Crippen molar-refractivity contribution in [3.05, 3.63) is 92.9 Å². The van der Waals surface area contributed by atoms with E-state index in [0.29, 0.717) is 33.1 Å². The molecule has 0 amide bonds. The lowest BCUT2D eigenvalue weighted by Gasteiger charge is -2.10. The van der Waals surface area contributed by atoms with Gasteiger partial charge in [0.25, 0.3) is 0 Å². The maximum absolute atomic E-state index is 14.0. The van der Waals surface area contributed by atoms with Gasteiger partial charge in [-0.2, -0.15) is 10.2 Å². The van der Waals surface area contributed by atoms with Crippen molar-refractivity contribution < 1.29 is 8.78 Å². The van der Waals surface area contributed by atoms with Crippen LogP contribution in [0.4, 0.5) is 20.3 Å². The number of nitrogens with one attached hydrogen (secondary N) is 2. The van der Waals surface area contributed by atoms with Gasteiger partial charge in [0.1, 0.15) is 11.6 Å². The molecule has 0 spiro atoms. The van der Waals surface area contributed by atoms with Gasteiger partial charge in [0.2, 0.25) is 0 Å². The Labute approximate surface area is 210 Å². The molecule has 2 heterocycles. The first-order chi connectivity index (χ1) is 16.2. The highest BCUT2D eigenvalue weighted by atomic mass is 35.5. The van der Waals surface area contributed by atoms with Crippen molar-refractivity contribution in [2.75, 3.05) is 10.6 Å². The summed E-state index contributed by atoms with van der Waals surface area (Å²) in [5.74, 6) is -0.286. The largest absolute Gasteiger partial charge is 0.329 e. The van der Waals surface area contributed by atoms with E-state index in [4.69, 9.17) is 35.4 Å². The van der Waals surface area contributed by atoms with E-state index < -0.39 is 0 Å². The minimum absolute atomic E-state index is 0.185. The molecule has 0 aliphatic carbocycles. The zero-order valence-electron chi connectivity index (χ0n) is 18.2. The maximum Gasteiger partial charge on any atom is 0.176 e. The Hall–Kier alpha value is -3.01. The first kappa shape index (κ1) is 24.1. The van der Waals surface area contributed by atoms with Crippen molar-refractivity contribution in [2.45, 2.75) is 26.9 Å². The van der Waals surface area contributed by atoms with E-state index in [1.54, 1.807) is 39.8 Å². The second-order valence-corrected chi connectivity index (χ2v) is 8.84. The number of anilines is 2. The molecule has 34 heavy (non-hydrogen) atoms. The summed E-state index contributed by atoms with van der Waals surface area (Å²) < 4.78 is 30.7. The number of hydrogen-bond donors (Lipinski definition) is 2. The first-order valence-corrected chi connectivity index (χ1v) is 11.4. The van der Waals surface area contributed by atoms with Gasteiger partial charge < -0.3 is 10.6 Å². The second-order valence-electron chi connectivity index (χ2n) is 7.62.